The predicted octanol–water partition coefficient (Wildman–Crippen LogP) is 5.96. The number of hydrogen-bond donors (Lipinski definition) is 0. The number of rotatable bonds is 2. The molecule has 0 N–H and O–H groups in total. The Kier molecular flexibility index (Phi) is 3.86. The average molecular weight is 366 g/mol. The van der Waals surface area contributed by atoms with E-state index in [0.717, 1.165) is 12.7 Å². The van der Waals surface area contributed by atoms with Crippen molar-refractivity contribution in [2.45, 2.75) is 46.0 Å². The molecule has 5 rings (SSSR count). The summed E-state index contributed by atoms with van der Waals surface area (Å²) in [6.45, 7) is 9.24. The molecule has 0 bridgehead atoms. The van der Waals surface area contributed by atoms with E-state index in [4.69, 9.17) is 4.65 Å². The van der Waals surface area contributed by atoms with Gasteiger partial charge in [0.25, 0.3) is 0 Å². The maximum absolute atomic E-state index is 6.49. The molecule has 0 unspecified atom stereocenters. The minimum atomic E-state index is -0.111. The molecule has 1 aliphatic carbocycles. The van der Waals surface area contributed by atoms with Gasteiger partial charge in [-0.05, 0) is 70.8 Å². The van der Waals surface area contributed by atoms with Gasteiger partial charge in [0.1, 0.15) is 0 Å². The molecular formula is C26H27BO. The molecule has 0 radical (unpaired) electrons. The first-order chi connectivity index (χ1) is 13.4. The van der Waals surface area contributed by atoms with Crippen LogP contribution in [0, 0.1) is 5.41 Å². The van der Waals surface area contributed by atoms with Crippen LogP contribution in [0.1, 0.15) is 38.8 Å². The lowest BCUT2D eigenvalue weighted by molar-refractivity contribution is 0.0375. The van der Waals surface area contributed by atoms with Gasteiger partial charge in [-0.1, -0.05) is 80.6 Å². The van der Waals surface area contributed by atoms with E-state index in [9.17, 15) is 0 Å². The van der Waals surface area contributed by atoms with Gasteiger partial charge >= 0.3 is 6.92 Å². The zero-order chi connectivity index (χ0) is 19.5. The molecule has 0 saturated carbocycles. The predicted molar refractivity (Wildman–Crippen MR) is 119 cm³/mol. The van der Waals surface area contributed by atoms with Gasteiger partial charge in [0.15, 0.2) is 0 Å². The zero-order valence-corrected chi connectivity index (χ0v) is 17.3. The number of benzene rings is 3. The second kappa shape index (κ2) is 6.09. The summed E-state index contributed by atoms with van der Waals surface area (Å²) in [6.07, 6.45) is 2.09. The van der Waals surface area contributed by atoms with Crippen LogP contribution in [-0.2, 0) is 11.1 Å². The molecule has 2 aliphatic rings. The summed E-state index contributed by atoms with van der Waals surface area (Å²) in [5.74, 6) is 0. The molecular weight excluding hydrogens is 339 g/mol. The highest BCUT2D eigenvalue weighted by Crippen LogP contribution is 2.46. The first-order valence-corrected chi connectivity index (χ1v) is 10.3. The highest BCUT2D eigenvalue weighted by Gasteiger charge is 2.49. The monoisotopic (exact) mass is 366 g/mol. The average Bonchev–Trinajstić information content (AvgIpc) is 3.15. The van der Waals surface area contributed by atoms with E-state index in [-0.39, 0.29) is 17.9 Å². The molecule has 1 heterocycles. The van der Waals surface area contributed by atoms with E-state index in [1.165, 1.54) is 38.8 Å². The minimum absolute atomic E-state index is 0.111. The Balaban J connectivity index is 1.58. The summed E-state index contributed by atoms with van der Waals surface area (Å²) in [7, 11) is 0. The fraction of sp³-hybridized carbons (Fsp3) is 0.308. The summed E-state index contributed by atoms with van der Waals surface area (Å²) < 4.78 is 6.49. The van der Waals surface area contributed by atoms with Crippen LogP contribution in [0.4, 0.5) is 0 Å². The first kappa shape index (κ1) is 17.8. The van der Waals surface area contributed by atoms with Crippen LogP contribution in [0.3, 0.4) is 0 Å². The van der Waals surface area contributed by atoms with Crippen molar-refractivity contribution < 1.29 is 4.65 Å². The lowest BCUT2D eigenvalue weighted by atomic mass is 9.54. The quantitative estimate of drug-likeness (QED) is 0.398. The van der Waals surface area contributed by atoms with Gasteiger partial charge in [0.05, 0.1) is 5.60 Å². The normalized spacial score (nSPS) is 18.8. The molecule has 0 spiro atoms. The van der Waals surface area contributed by atoms with E-state index in [0.29, 0.717) is 0 Å². The molecule has 3 aromatic carbocycles. The third kappa shape index (κ3) is 2.66. The Morgan fingerprint density at radius 3 is 2.29 bits per heavy atom. The van der Waals surface area contributed by atoms with Gasteiger partial charge in [-0.3, -0.25) is 0 Å². The van der Waals surface area contributed by atoms with Crippen molar-refractivity contribution in [3.05, 3.63) is 77.9 Å². The molecule has 140 valence electrons. The van der Waals surface area contributed by atoms with E-state index < -0.39 is 0 Å². The highest BCUT2D eigenvalue weighted by molar-refractivity contribution is 6.68. The van der Waals surface area contributed by atoms with Crippen LogP contribution in [0.2, 0.25) is 6.32 Å². The molecule has 3 aromatic rings. The summed E-state index contributed by atoms with van der Waals surface area (Å²) in [4.78, 5) is 0. The topological polar surface area (TPSA) is 9.23 Å². The Morgan fingerprint density at radius 2 is 1.50 bits per heavy atom. The molecule has 0 amide bonds. The summed E-state index contributed by atoms with van der Waals surface area (Å²) in [5.41, 5.74) is 9.63. The molecule has 0 aromatic heterocycles. The van der Waals surface area contributed by atoms with Gasteiger partial charge in [0.2, 0.25) is 0 Å². The lowest BCUT2D eigenvalue weighted by Crippen LogP contribution is -2.36. The van der Waals surface area contributed by atoms with Crippen molar-refractivity contribution in [2.75, 3.05) is 0 Å². The van der Waals surface area contributed by atoms with Gasteiger partial charge in [-0.2, -0.15) is 0 Å². The SMILES string of the molecule is CC1(C)CB(c2cccc(-c3cccc4c3-c3ccccc3C4)c2)OC1(C)C. The zero-order valence-electron chi connectivity index (χ0n) is 17.3. The van der Waals surface area contributed by atoms with E-state index in [2.05, 4.69) is 94.4 Å². The largest absolute Gasteiger partial charge is 0.426 e. The standard InChI is InChI=1S/C26H27BO/c1-25(2)17-27(28-26(25,3)4)21-12-7-10-19(16-21)23-14-8-11-20-15-18-9-5-6-13-22(18)24(20)23/h5-14,16H,15,17H2,1-4H3. The van der Waals surface area contributed by atoms with Crippen molar-refractivity contribution in [3.8, 4) is 22.3 Å². The van der Waals surface area contributed by atoms with Crippen molar-refractivity contribution in [2.24, 2.45) is 5.41 Å². The molecule has 2 heteroatoms. The van der Waals surface area contributed by atoms with Gasteiger partial charge in [0, 0.05) is 0 Å². The van der Waals surface area contributed by atoms with Crippen molar-refractivity contribution >= 4 is 12.4 Å². The molecule has 1 fully saturated rings. The Labute approximate surface area is 168 Å². The second-order valence-corrected chi connectivity index (χ2v) is 9.50. The van der Waals surface area contributed by atoms with Crippen LogP contribution in [0.15, 0.2) is 66.7 Å². The van der Waals surface area contributed by atoms with E-state index >= 15 is 0 Å². The number of hydrogen-bond acceptors (Lipinski definition) is 1. The maximum Gasteiger partial charge on any atom is 0.327 e. The third-order valence-corrected chi connectivity index (χ3v) is 7.15. The highest BCUT2D eigenvalue weighted by atomic mass is 16.5. The minimum Gasteiger partial charge on any atom is -0.426 e. The fourth-order valence-corrected chi connectivity index (χ4v) is 4.79. The summed E-state index contributed by atoms with van der Waals surface area (Å²) in [6, 6.07) is 24.6. The molecule has 28 heavy (non-hydrogen) atoms. The van der Waals surface area contributed by atoms with Crippen LogP contribution < -0.4 is 5.46 Å². The first-order valence-electron chi connectivity index (χ1n) is 10.3. The van der Waals surface area contributed by atoms with Crippen LogP contribution >= 0.6 is 0 Å². The fourth-order valence-electron chi connectivity index (χ4n) is 4.79. The van der Waals surface area contributed by atoms with Crippen LogP contribution in [-0.4, -0.2) is 12.5 Å². The Bertz CT molecular complexity index is 1050. The Hall–Kier alpha value is -2.32. The van der Waals surface area contributed by atoms with E-state index in [1.807, 2.05) is 0 Å². The number of fused-ring (bicyclic) bond motifs is 3. The van der Waals surface area contributed by atoms with Gasteiger partial charge < -0.3 is 4.65 Å². The van der Waals surface area contributed by atoms with E-state index in [1.54, 1.807) is 0 Å². The summed E-state index contributed by atoms with van der Waals surface area (Å²) >= 11 is 0. The molecule has 0 atom stereocenters. The van der Waals surface area contributed by atoms with Gasteiger partial charge in [-0.15, -0.1) is 0 Å². The maximum atomic E-state index is 6.49. The van der Waals surface area contributed by atoms with Crippen molar-refractivity contribution in [1.82, 2.24) is 0 Å². The molecule has 1 saturated heterocycles. The lowest BCUT2D eigenvalue weighted by Gasteiger charge is -2.34. The van der Waals surface area contributed by atoms with Crippen molar-refractivity contribution in [1.29, 1.82) is 0 Å². The smallest absolute Gasteiger partial charge is 0.327 e. The van der Waals surface area contributed by atoms with Crippen molar-refractivity contribution in [3.63, 3.8) is 0 Å². The second-order valence-electron chi connectivity index (χ2n) is 9.50. The third-order valence-electron chi connectivity index (χ3n) is 7.15. The molecule has 1 aliphatic heterocycles. The van der Waals surface area contributed by atoms with Crippen LogP contribution in [0.5, 0.6) is 0 Å². The Morgan fingerprint density at radius 1 is 0.786 bits per heavy atom. The van der Waals surface area contributed by atoms with Gasteiger partial charge in [-0.25, -0.2) is 0 Å². The molecule has 1 nitrogen and oxygen atoms in total. The summed E-state index contributed by atoms with van der Waals surface area (Å²) in [5, 5.41) is 0. The van der Waals surface area contributed by atoms with Crippen LogP contribution in [0.25, 0.3) is 22.3 Å².